The van der Waals surface area contributed by atoms with Crippen molar-refractivity contribution in [3.63, 3.8) is 0 Å². The molecule has 0 amide bonds. The molecular weight excluding hydrogens is 537 g/mol. The molecule has 2 aliphatic heterocycles. The average Bonchev–Trinajstić information content (AvgIpc) is 3.68. The van der Waals surface area contributed by atoms with E-state index in [1.165, 1.54) is 20.5 Å². The van der Waals surface area contributed by atoms with E-state index in [4.69, 9.17) is 9.47 Å². The van der Waals surface area contributed by atoms with Gasteiger partial charge < -0.3 is 14.4 Å². The van der Waals surface area contributed by atoms with Crippen molar-refractivity contribution < 1.29 is 9.47 Å². The number of morpholine rings is 1. The molecule has 1 saturated heterocycles. The third-order valence-electron chi connectivity index (χ3n) is 7.79. The van der Waals surface area contributed by atoms with Gasteiger partial charge in [-0.2, -0.15) is 0 Å². The molecule has 0 unspecified atom stereocenters. The van der Waals surface area contributed by atoms with Crippen LogP contribution >= 0.6 is 22.7 Å². The van der Waals surface area contributed by atoms with Crippen molar-refractivity contribution in [3.05, 3.63) is 83.8 Å². The molecule has 6 aromatic rings. The fourth-order valence-electron chi connectivity index (χ4n) is 5.62. The molecule has 6 nitrogen and oxygen atoms in total. The molecule has 2 aromatic heterocycles. The van der Waals surface area contributed by atoms with Crippen LogP contribution in [0.25, 0.3) is 42.7 Å². The standard InChI is InChI=1S/C32H26N4O2S2/c1-5-25-31(39-19-33-25)17-23(1)21-3-7-27-29(15-21)38-30-16-22(24-2-6-26-32(18-24)40-20-34-26)4-8-28(30)36(27)10-9-35-11-13-37-14-12-35/h1-8,15-20H,9-14H2. The topological polar surface area (TPSA) is 50.7 Å². The Morgan fingerprint density at radius 2 is 1.15 bits per heavy atom. The molecule has 0 atom stereocenters. The zero-order chi connectivity index (χ0) is 26.5. The van der Waals surface area contributed by atoms with Gasteiger partial charge in [0.05, 0.1) is 56.0 Å². The Labute approximate surface area is 240 Å². The molecule has 0 aliphatic carbocycles. The Hall–Kier alpha value is -3.82. The second-order valence-corrected chi connectivity index (χ2v) is 11.9. The monoisotopic (exact) mass is 562 g/mol. The third kappa shape index (κ3) is 4.33. The van der Waals surface area contributed by atoms with E-state index in [1.54, 1.807) is 22.7 Å². The second-order valence-electron chi connectivity index (χ2n) is 10.1. The molecule has 4 aromatic carbocycles. The van der Waals surface area contributed by atoms with Gasteiger partial charge in [0.25, 0.3) is 0 Å². The van der Waals surface area contributed by atoms with E-state index >= 15 is 0 Å². The summed E-state index contributed by atoms with van der Waals surface area (Å²) >= 11 is 3.34. The van der Waals surface area contributed by atoms with Gasteiger partial charge >= 0.3 is 0 Å². The molecule has 8 heteroatoms. The second kappa shape index (κ2) is 9.98. The normalized spacial score (nSPS) is 15.2. The van der Waals surface area contributed by atoms with E-state index in [1.807, 2.05) is 11.0 Å². The molecule has 0 bridgehead atoms. The van der Waals surface area contributed by atoms with Gasteiger partial charge in [-0.1, -0.05) is 24.3 Å². The predicted molar refractivity (Wildman–Crippen MR) is 164 cm³/mol. The number of nitrogens with zero attached hydrogens (tertiary/aromatic N) is 4. The number of rotatable bonds is 5. The number of hydrogen-bond donors (Lipinski definition) is 0. The molecule has 1 fully saturated rings. The first kappa shape index (κ1) is 24.0. The summed E-state index contributed by atoms with van der Waals surface area (Å²) in [5.41, 5.74) is 12.7. The van der Waals surface area contributed by atoms with Crippen LogP contribution in [0.3, 0.4) is 0 Å². The largest absolute Gasteiger partial charge is 0.453 e. The van der Waals surface area contributed by atoms with Crippen LogP contribution in [-0.4, -0.2) is 54.3 Å². The Morgan fingerprint density at radius 1 is 0.625 bits per heavy atom. The maximum absolute atomic E-state index is 6.67. The highest BCUT2D eigenvalue weighted by molar-refractivity contribution is 7.17. The first-order valence-electron chi connectivity index (χ1n) is 13.5. The highest BCUT2D eigenvalue weighted by Gasteiger charge is 2.26. The minimum Gasteiger partial charge on any atom is -0.453 e. The van der Waals surface area contributed by atoms with E-state index in [-0.39, 0.29) is 0 Å². The minimum atomic E-state index is 0.803. The first-order chi connectivity index (χ1) is 19.8. The summed E-state index contributed by atoms with van der Waals surface area (Å²) in [6.45, 7) is 5.40. The van der Waals surface area contributed by atoms with Crippen LogP contribution in [-0.2, 0) is 4.74 Å². The van der Waals surface area contributed by atoms with Crippen LogP contribution in [0.1, 0.15) is 0 Å². The number of anilines is 2. The molecule has 0 saturated carbocycles. The van der Waals surface area contributed by atoms with Crippen LogP contribution < -0.4 is 9.64 Å². The smallest absolute Gasteiger partial charge is 0.151 e. The SMILES string of the molecule is c1nc2ccc(-c3ccc4c(c3)Oc3cc(-c5ccc6ncsc6c5)ccc3N4CCN3CCOCC3)cc2s1. The Balaban J connectivity index is 1.18. The van der Waals surface area contributed by atoms with E-state index in [9.17, 15) is 0 Å². The summed E-state index contributed by atoms with van der Waals surface area (Å²) in [5, 5.41) is 0. The van der Waals surface area contributed by atoms with Crippen molar-refractivity contribution in [1.82, 2.24) is 14.9 Å². The van der Waals surface area contributed by atoms with Gasteiger partial charge in [0, 0.05) is 26.2 Å². The lowest BCUT2D eigenvalue weighted by molar-refractivity contribution is 0.0394. The van der Waals surface area contributed by atoms with Gasteiger partial charge in [-0.25, -0.2) is 9.97 Å². The average molecular weight is 563 g/mol. The molecule has 2 aliphatic rings. The zero-order valence-electron chi connectivity index (χ0n) is 21.7. The van der Waals surface area contributed by atoms with Crippen LogP contribution in [0.4, 0.5) is 11.4 Å². The fraction of sp³-hybridized carbons (Fsp3) is 0.188. The van der Waals surface area contributed by atoms with Crippen molar-refractivity contribution >= 4 is 54.5 Å². The highest BCUT2D eigenvalue weighted by Crippen LogP contribution is 2.49. The van der Waals surface area contributed by atoms with Gasteiger partial charge in [-0.15, -0.1) is 22.7 Å². The van der Waals surface area contributed by atoms with E-state index in [0.29, 0.717) is 0 Å². The molecular formula is C32H26N4O2S2. The lowest BCUT2D eigenvalue weighted by Gasteiger charge is -2.35. The summed E-state index contributed by atoms with van der Waals surface area (Å²) in [6, 6.07) is 26.1. The molecule has 0 radical (unpaired) electrons. The fourth-order valence-corrected chi connectivity index (χ4v) is 7.05. The molecule has 0 N–H and O–H groups in total. The summed E-state index contributed by atoms with van der Waals surface area (Å²) in [7, 11) is 0. The van der Waals surface area contributed by atoms with Crippen LogP contribution in [0.2, 0.25) is 0 Å². The molecule has 4 heterocycles. The lowest BCUT2D eigenvalue weighted by Crippen LogP contribution is -2.41. The van der Waals surface area contributed by atoms with Crippen molar-refractivity contribution in [2.45, 2.75) is 0 Å². The van der Waals surface area contributed by atoms with Gasteiger partial charge in [0.15, 0.2) is 11.5 Å². The van der Waals surface area contributed by atoms with Gasteiger partial charge in [-0.3, -0.25) is 4.90 Å². The van der Waals surface area contributed by atoms with Gasteiger partial charge in [-0.05, 0) is 70.8 Å². The summed E-state index contributed by atoms with van der Waals surface area (Å²) in [5.74, 6) is 1.76. The van der Waals surface area contributed by atoms with Crippen LogP contribution in [0.5, 0.6) is 11.5 Å². The Kier molecular flexibility index (Phi) is 5.99. The summed E-state index contributed by atoms with van der Waals surface area (Å²) in [4.78, 5) is 13.8. The number of ether oxygens (including phenoxy) is 2. The van der Waals surface area contributed by atoms with Gasteiger partial charge in [0.1, 0.15) is 0 Å². The summed E-state index contributed by atoms with van der Waals surface area (Å²) < 4.78 is 14.6. The molecule has 40 heavy (non-hydrogen) atoms. The third-order valence-corrected chi connectivity index (χ3v) is 9.38. The van der Waals surface area contributed by atoms with Crippen molar-refractivity contribution in [3.8, 4) is 33.8 Å². The van der Waals surface area contributed by atoms with Crippen LogP contribution in [0, 0.1) is 0 Å². The first-order valence-corrected chi connectivity index (χ1v) is 15.3. The number of thiazole rings is 2. The number of hydrogen-bond acceptors (Lipinski definition) is 8. The van der Waals surface area contributed by atoms with E-state index < -0.39 is 0 Å². The Morgan fingerprint density at radius 3 is 1.73 bits per heavy atom. The van der Waals surface area contributed by atoms with Crippen molar-refractivity contribution in [2.24, 2.45) is 0 Å². The Bertz CT molecular complexity index is 1730. The number of benzene rings is 4. The maximum Gasteiger partial charge on any atom is 0.151 e. The number of fused-ring (bicyclic) bond motifs is 4. The summed E-state index contributed by atoms with van der Waals surface area (Å²) in [6.07, 6.45) is 0. The highest BCUT2D eigenvalue weighted by atomic mass is 32.1. The number of aromatic nitrogens is 2. The van der Waals surface area contributed by atoms with Crippen molar-refractivity contribution in [1.29, 1.82) is 0 Å². The zero-order valence-corrected chi connectivity index (χ0v) is 23.4. The van der Waals surface area contributed by atoms with E-state index in [2.05, 4.69) is 92.6 Å². The van der Waals surface area contributed by atoms with E-state index in [0.717, 1.165) is 84.4 Å². The minimum absolute atomic E-state index is 0.803. The maximum atomic E-state index is 6.67. The van der Waals surface area contributed by atoms with Crippen LogP contribution in [0.15, 0.2) is 83.8 Å². The van der Waals surface area contributed by atoms with Crippen molar-refractivity contribution in [2.75, 3.05) is 44.3 Å². The van der Waals surface area contributed by atoms with Gasteiger partial charge in [0.2, 0.25) is 0 Å². The quantitative estimate of drug-likeness (QED) is 0.214. The molecule has 0 spiro atoms. The predicted octanol–water partition coefficient (Wildman–Crippen LogP) is 7.82. The molecule has 8 rings (SSSR count). The lowest BCUT2D eigenvalue weighted by atomic mass is 10.0. The molecule has 198 valence electrons.